The van der Waals surface area contributed by atoms with E-state index in [1.165, 1.54) is 0 Å². The van der Waals surface area contributed by atoms with Gasteiger partial charge >= 0.3 is 0 Å². The van der Waals surface area contributed by atoms with Crippen molar-refractivity contribution in [1.29, 1.82) is 0 Å². The van der Waals surface area contributed by atoms with Gasteiger partial charge in [-0.2, -0.15) is 0 Å². The average Bonchev–Trinajstić information content (AvgIpc) is 2.64. The Kier molecular flexibility index (Phi) is 7.41. The highest BCUT2D eigenvalue weighted by molar-refractivity contribution is 5.92. The molecule has 27 heavy (non-hydrogen) atoms. The predicted molar refractivity (Wildman–Crippen MR) is 108 cm³/mol. The summed E-state index contributed by atoms with van der Waals surface area (Å²) in [5.41, 5.74) is 3.14. The van der Waals surface area contributed by atoms with Gasteiger partial charge in [0.15, 0.2) is 6.61 Å². The summed E-state index contributed by atoms with van der Waals surface area (Å²) in [5.74, 6) is 0.706. The number of nitrogens with one attached hydrogen (secondary N) is 1. The average molecular weight is 368 g/mol. The number of hydrogen-bond donors (Lipinski definition) is 1. The van der Waals surface area contributed by atoms with Crippen molar-refractivity contribution < 1.29 is 14.3 Å². The molecule has 5 heteroatoms. The fourth-order valence-electron chi connectivity index (χ4n) is 2.81. The molecule has 0 fully saturated rings. The monoisotopic (exact) mass is 368 g/mol. The predicted octanol–water partition coefficient (Wildman–Crippen LogP) is 3.67. The van der Waals surface area contributed by atoms with Crippen LogP contribution in [0.1, 0.15) is 37.8 Å². The van der Waals surface area contributed by atoms with Crippen LogP contribution < -0.4 is 15.0 Å². The van der Waals surface area contributed by atoms with E-state index in [0.717, 1.165) is 16.8 Å². The Hall–Kier alpha value is -2.82. The van der Waals surface area contributed by atoms with Crippen molar-refractivity contribution >= 4 is 17.5 Å². The Morgan fingerprint density at radius 3 is 2.37 bits per heavy atom. The molecule has 0 spiro atoms. The highest BCUT2D eigenvalue weighted by Gasteiger charge is 2.16. The number of aryl methyl sites for hydroxylation is 1. The molecule has 0 aliphatic carbocycles. The highest BCUT2D eigenvalue weighted by atomic mass is 16.5. The molecule has 2 rings (SSSR count). The first kappa shape index (κ1) is 20.5. The van der Waals surface area contributed by atoms with Gasteiger partial charge in [0.25, 0.3) is 5.91 Å². The van der Waals surface area contributed by atoms with Crippen molar-refractivity contribution in [2.75, 3.05) is 24.6 Å². The van der Waals surface area contributed by atoms with Gasteiger partial charge in [-0.3, -0.25) is 9.59 Å². The molecule has 0 atom stereocenters. The van der Waals surface area contributed by atoms with Crippen LogP contribution in [0.2, 0.25) is 0 Å². The smallest absolute Gasteiger partial charge is 0.258 e. The zero-order valence-electron chi connectivity index (χ0n) is 16.5. The molecule has 2 amide bonds. The third kappa shape index (κ3) is 6.13. The van der Waals surface area contributed by atoms with Crippen molar-refractivity contribution in [2.45, 2.75) is 33.6 Å². The van der Waals surface area contributed by atoms with Crippen molar-refractivity contribution in [1.82, 2.24) is 5.32 Å². The SMILES string of the molecule is CC(=O)N(CCNC(=O)COc1ccc(C)cc1)c1ccccc1C(C)C. The fourth-order valence-corrected chi connectivity index (χ4v) is 2.81. The molecule has 2 aromatic carbocycles. The second-order valence-corrected chi connectivity index (χ2v) is 6.84. The Morgan fingerprint density at radius 2 is 1.74 bits per heavy atom. The Labute approximate surface area is 161 Å². The van der Waals surface area contributed by atoms with Gasteiger partial charge in [0, 0.05) is 25.7 Å². The van der Waals surface area contributed by atoms with Crippen molar-refractivity contribution in [3.8, 4) is 5.75 Å². The minimum Gasteiger partial charge on any atom is -0.484 e. The van der Waals surface area contributed by atoms with E-state index in [1.54, 1.807) is 11.8 Å². The minimum atomic E-state index is -0.212. The first-order valence-corrected chi connectivity index (χ1v) is 9.21. The summed E-state index contributed by atoms with van der Waals surface area (Å²) in [6, 6.07) is 15.4. The summed E-state index contributed by atoms with van der Waals surface area (Å²) < 4.78 is 5.47. The third-order valence-corrected chi connectivity index (χ3v) is 4.28. The van der Waals surface area contributed by atoms with Crippen LogP contribution in [0.15, 0.2) is 48.5 Å². The summed E-state index contributed by atoms with van der Waals surface area (Å²) in [4.78, 5) is 25.8. The van der Waals surface area contributed by atoms with E-state index in [0.29, 0.717) is 24.8 Å². The molecule has 0 saturated heterocycles. The highest BCUT2D eigenvalue weighted by Crippen LogP contribution is 2.27. The lowest BCUT2D eigenvalue weighted by molar-refractivity contribution is -0.123. The van der Waals surface area contributed by atoms with Crippen molar-refractivity contribution in [3.63, 3.8) is 0 Å². The van der Waals surface area contributed by atoms with Crippen LogP contribution in [-0.2, 0) is 9.59 Å². The van der Waals surface area contributed by atoms with Crippen LogP contribution in [0.3, 0.4) is 0 Å². The first-order valence-electron chi connectivity index (χ1n) is 9.21. The number of carbonyl (C=O) groups excluding carboxylic acids is 2. The number of nitrogens with zero attached hydrogens (tertiary/aromatic N) is 1. The molecule has 1 N–H and O–H groups in total. The quantitative estimate of drug-likeness (QED) is 0.773. The molecule has 2 aromatic rings. The molecular formula is C22H28N2O3. The Morgan fingerprint density at radius 1 is 1.07 bits per heavy atom. The minimum absolute atomic E-state index is 0.0479. The summed E-state index contributed by atoms with van der Waals surface area (Å²) in [6.45, 7) is 8.46. The molecule has 0 saturated carbocycles. The van der Waals surface area contributed by atoms with Crippen LogP contribution in [-0.4, -0.2) is 31.5 Å². The molecule has 0 aromatic heterocycles. The zero-order valence-corrected chi connectivity index (χ0v) is 16.5. The summed E-state index contributed by atoms with van der Waals surface area (Å²) in [7, 11) is 0. The molecular weight excluding hydrogens is 340 g/mol. The topological polar surface area (TPSA) is 58.6 Å². The van der Waals surface area contributed by atoms with Crippen molar-refractivity contribution in [3.05, 3.63) is 59.7 Å². The lowest BCUT2D eigenvalue weighted by Crippen LogP contribution is -2.39. The van der Waals surface area contributed by atoms with E-state index in [9.17, 15) is 9.59 Å². The van der Waals surface area contributed by atoms with Crippen LogP contribution in [0.4, 0.5) is 5.69 Å². The molecule has 0 radical (unpaired) electrons. The van der Waals surface area contributed by atoms with Gasteiger partial charge < -0.3 is 15.0 Å². The second kappa shape index (κ2) is 9.76. The molecule has 0 aliphatic rings. The van der Waals surface area contributed by atoms with Gasteiger partial charge in [-0.15, -0.1) is 0 Å². The van der Waals surface area contributed by atoms with Crippen LogP contribution >= 0.6 is 0 Å². The van der Waals surface area contributed by atoms with Crippen LogP contribution in [0.25, 0.3) is 0 Å². The third-order valence-electron chi connectivity index (χ3n) is 4.28. The maximum absolute atomic E-state index is 12.1. The molecule has 0 heterocycles. The van der Waals surface area contributed by atoms with Gasteiger partial charge in [-0.05, 0) is 36.6 Å². The number of rotatable bonds is 8. The van der Waals surface area contributed by atoms with Gasteiger partial charge in [0.1, 0.15) is 5.75 Å². The summed E-state index contributed by atoms with van der Waals surface area (Å²) >= 11 is 0. The van der Waals surface area contributed by atoms with E-state index in [4.69, 9.17) is 4.74 Å². The molecule has 0 bridgehead atoms. The molecule has 144 valence electrons. The van der Waals surface area contributed by atoms with E-state index in [2.05, 4.69) is 19.2 Å². The Balaban J connectivity index is 1.88. The van der Waals surface area contributed by atoms with E-state index in [-0.39, 0.29) is 18.4 Å². The van der Waals surface area contributed by atoms with Gasteiger partial charge in [-0.25, -0.2) is 0 Å². The normalized spacial score (nSPS) is 10.6. The standard InChI is InChI=1S/C22H28N2O3/c1-16(2)20-7-5-6-8-21(20)24(18(4)25)14-13-23-22(26)15-27-19-11-9-17(3)10-12-19/h5-12,16H,13-15H2,1-4H3,(H,23,26). The maximum Gasteiger partial charge on any atom is 0.258 e. The second-order valence-electron chi connectivity index (χ2n) is 6.84. The largest absolute Gasteiger partial charge is 0.484 e. The Bertz CT molecular complexity index is 769. The number of anilines is 1. The van der Waals surface area contributed by atoms with E-state index in [1.807, 2.05) is 55.5 Å². The number of amides is 2. The number of benzene rings is 2. The lowest BCUT2D eigenvalue weighted by Gasteiger charge is -2.25. The molecule has 0 unspecified atom stereocenters. The zero-order chi connectivity index (χ0) is 19.8. The van der Waals surface area contributed by atoms with Gasteiger partial charge in [-0.1, -0.05) is 49.7 Å². The van der Waals surface area contributed by atoms with E-state index >= 15 is 0 Å². The summed E-state index contributed by atoms with van der Waals surface area (Å²) in [6.07, 6.45) is 0. The van der Waals surface area contributed by atoms with Crippen LogP contribution in [0, 0.1) is 6.92 Å². The number of carbonyl (C=O) groups is 2. The van der Waals surface area contributed by atoms with Gasteiger partial charge in [0.05, 0.1) is 0 Å². The summed E-state index contributed by atoms with van der Waals surface area (Å²) in [5, 5.41) is 2.81. The van der Waals surface area contributed by atoms with Gasteiger partial charge in [0.2, 0.25) is 5.91 Å². The molecule has 0 aliphatic heterocycles. The maximum atomic E-state index is 12.1. The molecule has 5 nitrogen and oxygen atoms in total. The lowest BCUT2D eigenvalue weighted by atomic mass is 10.0. The van der Waals surface area contributed by atoms with Crippen LogP contribution in [0.5, 0.6) is 5.75 Å². The van der Waals surface area contributed by atoms with E-state index < -0.39 is 0 Å². The fraction of sp³-hybridized carbons (Fsp3) is 0.364. The number of para-hydroxylation sites is 1. The van der Waals surface area contributed by atoms with Crippen molar-refractivity contribution in [2.24, 2.45) is 0 Å². The number of hydrogen-bond acceptors (Lipinski definition) is 3. The first-order chi connectivity index (χ1) is 12.9. The number of ether oxygens (including phenoxy) is 1.